The summed E-state index contributed by atoms with van der Waals surface area (Å²) in [5.41, 5.74) is 0.356. The topological polar surface area (TPSA) is 86.7 Å². The first-order valence-corrected chi connectivity index (χ1v) is 8.63. The van der Waals surface area contributed by atoms with E-state index in [1.807, 2.05) is 18.2 Å². The Kier molecular flexibility index (Phi) is 5.49. The largest absolute Gasteiger partial charge is 0.478 e. The van der Waals surface area contributed by atoms with Crippen LogP contribution in [0.5, 0.6) is 0 Å². The van der Waals surface area contributed by atoms with Gasteiger partial charge in [0.05, 0.1) is 11.1 Å². The fourth-order valence-corrected chi connectivity index (χ4v) is 3.10. The smallest absolute Gasteiger partial charge is 0.335 e. The number of halogens is 1. The number of amides is 2. The molecule has 2 aromatic carbocycles. The molecule has 2 aromatic rings. The standard InChI is InChI=1S/C20H19FN2O4/c21-17-12-14(20(26)27)6-7-16(17)19(25)23-10-8-13(9-11-23)18(24)22-15-4-2-1-3-5-15/h1-7,12-13H,8-11H2,(H,22,24)(H,26,27). The highest BCUT2D eigenvalue weighted by molar-refractivity contribution is 5.97. The van der Waals surface area contributed by atoms with Crippen molar-refractivity contribution in [3.05, 3.63) is 65.5 Å². The van der Waals surface area contributed by atoms with Gasteiger partial charge >= 0.3 is 5.97 Å². The summed E-state index contributed by atoms with van der Waals surface area (Å²) in [5.74, 6) is -2.91. The lowest BCUT2D eigenvalue weighted by atomic mass is 9.95. The minimum absolute atomic E-state index is 0.0923. The number of nitrogens with one attached hydrogen (secondary N) is 1. The Hall–Kier alpha value is -3.22. The molecule has 1 aliphatic rings. The van der Waals surface area contributed by atoms with Crippen molar-refractivity contribution in [2.45, 2.75) is 12.8 Å². The fraction of sp³-hybridized carbons (Fsp3) is 0.250. The Balaban J connectivity index is 1.59. The summed E-state index contributed by atoms with van der Waals surface area (Å²) in [6, 6.07) is 12.4. The number of hydrogen-bond donors (Lipinski definition) is 2. The first kappa shape index (κ1) is 18.6. The van der Waals surface area contributed by atoms with Gasteiger partial charge in [-0.2, -0.15) is 0 Å². The zero-order valence-corrected chi connectivity index (χ0v) is 14.5. The zero-order valence-electron chi connectivity index (χ0n) is 14.5. The Morgan fingerprint density at radius 1 is 1.04 bits per heavy atom. The second kappa shape index (κ2) is 7.99. The number of carboxylic acids is 1. The van der Waals surface area contributed by atoms with E-state index in [9.17, 15) is 18.8 Å². The summed E-state index contributed by atoms with van der Waals surface area (Å²) < 4.78 is 14.1. The molecule has 6 nitrogen and oxygen atoms in total. The van der Waals surface area contributed by atoms with Gasteiger partial charge in [-0.15, -0.1) is 0 Å². The van der Waals surface area contributed by atoms with Crippen molar-refractivity contribution >= 4 is 23.5 Å². The van der Waals surface area contributed by atoms with E-state index < -0.39 is 17.7 Å². The Bertz CT molecular complexity index is 862. The van der Waals surface area contributed by atoms with Crippen LogP contribution < -0.4 is 5.32 Å². The molecule has 0 saturated carbocycles. The highest BCUT2D eigenvalue weighted by atomic mass is 19.1. The maximum atomic E-state index is 14.1. The third-order valence-electron chi connectivity index (χ3n) is 4.64. The first-order chi connectivity index (χ1) is 13.0. The van der Waals surface area contributed by atoms with Gasteiger partial charge in [-0.3, -0.25) is 9.59 Å². The predicted octanol–water partition coefficient (Wildman–Crippen LogP) is 3.01. The van der Waals surface area contributed by atoms with Crippen LogP contribution in [-0.4, -0.2) is 40.9 Å². The third kappa shape index (κ3) is 4.31. The van der Waals surface area contributed by atoms with Gasteiger partial charge in [-0.1, -0.05) is 18.2 Å². The molecule has 0 radical (unpaired) electrons. The summed E-state index contributed by atoms with van der Waals surface area (Å²) in [5, 5.41) is 11.7. The molecule has 1 heterocycles. The van der Waals surface area contributed by atoms with E-state index in [1.165, 1.54) is 17.0 Å². The molecule has 3 rings (SSSR count). The second-order valence-corrected chi connectivity index (χ2v) is 6.42. The van der Waals surface area contributed by atoms with Crippen LogP contribution in [-0.2, 0) is 4.79 Å². The minimum Gasteiger partial charge on any atom is -0.478 e. The monoisotopic (exact) mass is 370 g/mol. The molecule has 0 spiro atoms. The number of hydrogen-bond acceptors (Lipinski definition) is 3. The summed E-state index contributed by atoms with van der Waals surface area (Å²) in [6.45, 7) is 0.678. The maximum Gasteiger partial charge on any atom is 0.335 e. The van der Waals surface area contributed by atoms with Gasteiger partial charge in [0.1, 0.15) is 5.82 Å². The van der Waals surface area contributed by atoms with E-state index in [4.69, 9.17) is 5.11 Å². The Morgan fingerprint density at radius 3 is 2.30 bits per heavy atom. The molecule has 2 amide bonds. The molecule has 1 saturated heterocycles. The first-order valence-electron chi connectivity index (χ1n) is 8.63. The van der Waals surface area contributed by atoms with Gasteiger partial charge in [0.25, 0.3) is 5.91 Å². The average Bonchev–Trinajstić information content (AvgIpc) is 2.68. The van der Waals surface area contributed by atoms with Crippen LogP contribution in [0.1, 0.15) is 33.6 Å². The van der Waals surface area contributed by atoms with Crippen molar-refractivity contribution < 1.29 is 23.9 Å². The number of carbonyl (C=O) groups excluding carboxylic acids is 2. The van der Waals surface area contributed by atoms with Crippen LogP contribution in [0.2, 0.25) is 0 Å². The number of carboxylic acid groups (broad SMARTS) is 1. The van der Waals surface area contributed by atoms with Crippen LogP contribution >= 0.6 is 0 Å². The average molecular weight is 370 g/mol. The van der Waals surface area contributed by atoms with Gasteiger partial charge in [0, 0.05) is 24.7 Å². The van der Waals surface area contributed by atoms with Crippen LogP contribution in [0.4, 0.5) is 10.1 Å². The number of anilines is 1. The van der Waals surface area contributed by atoms with Crippen molar-refractivity contribution in [3.8, 4) is 0 Å². The Morgan fingerprint density at radius 2 is 1.70 bits per heavy atom. The molecular formula is C20H19FN2O4. The summed E-state index contributed by atoms with van der Waals surface area (Å²) in [6.07, 6.45) is 0.971. The molecule has 0 aliphatic carbocycles. The van der Waals surface area contributed by atoms with Crippen LogP contribution in [0.3, 0.4) is 0 Å². The number of aromatic carboxylic acids is 1. The lowest BCUT2D eigenvalue weighted by Gasteiger charge is -2.31. The Labute approximate surface area is 155 Å². The number of likely N-dealkylation sites (tertiary alicyclic amines) is 1. The molecule has 27 heavy (non-hydrogen) atoms. The van der Waals surface area contributed by atoms with E-state index in [-0.39, 0.29) is 23.0 Å². The van der Waals surface area contributed by atoms with E-state index in [1.54, 1.807) is 12.1 Å². The van der Waals surface area contributed by atoms with Crippen molar-refractivity contribution in [1.29, 1.82) is 0 Å². The molecular weight excluding hydrogens is 351 g/mol. The summed E-state index contributed by atoms with van der Waals surface area (Å²) in [7, 11) is 0. The molecule has 1 aliphatic heterocycles. The van der Waals surface area contributed by atoms with Crippen molar-refractivity contribution in [2.75, 3.05) is 18.4 Å². The fourth-order valence-electron chi connectivity index (χ4n) is 3.10. The molecule has 0 unspecified atom stereocenters. The second-order valence-electron chi connectivity index (χ2n) is 6.42. The van der Waals surface area contributed by atoms with Gasteiger partial charge in [0.15, 0.2) is 0 Å². The summed E-state index contributed by atoms with van der Waals surface area (Å²) in [4.78, 5) is 37.2. The third-order valence-corrected chi connectivity index (χ3v) is 4.64. The van der Waals surface area contributed by atoms with E-state index >= 15 is 0 Å². The van der Waals surface area contributed by atoms with Gasteiger partial charge in [-0.25, -0.2) is 9.18 Å². The summed E-state index contributed by atoms with van der Waals surface area (Å²) >= 11 is 0. The van der Waals surface area contributed by atoms with Crippen LogP contribution in [0.25, 0.3) is 0 Å². The number of benzene rings is 2. The lowest BCUT2D eigenvalue weighted by molar-refractivity contribution is -0.121. The highest BCUT2D eigenvalue weighted by Gasteiger charge is 2.29. The van der Waals surface area contributed by atoms with Gasteiger partial charge < -0.3 is 15.3 Å². The number of piperidine rings is 1. The van der Waals surface area contributed by atoms with E-state index in [2.05, 4.69) is 5.32 Å². The van der Waals surface area contributed by atoms with Gasteiger partial charge in [-0.05, 0) is 43.2 Å². The molecule has 2 N–H and O–H groups in total. The molecule has 7 heteroatoms. The molecule has 1 fully saturated rings. The predicted molar refractivity (Wildman–Crippen MR) is 97.1 cm³/mol. The lowest BCUT2D eigenvalue weighted by Crippen LogP contribution is -2.41. The number of para-hydroxylation sites is 1. The normalized spacial score (nSPS) is 14.6. The SMILES string of the molecule is O=C(O)c1ccc(C(=O)N2CCC(C(=O)Nc3ccccc3)CC2)c(F)c1. The molecule has 0 atom stereocenters. The molecule has 0 aromatic heterocycles. The highest BCUT2D eigenvalue weighted by Crippen LogP contribution is 2.22. The minimum atomic E-state index is -1.25. The molecule has 140 valence electrons. The zero-order chi connectivity index (χ0) is 19.4. The van der Waals surface area contributed by atoms with E-state index in [0.29, 0.717) is 25.9 Å². The number of rotatable bonds is 4. The quantitative estimate of drug-likeness (QED) is 0.866. The number of nitrogens with zero attached hydrogens (tertiary/aromatic N) is 1. The van der Waals surface area contributed by atoms with Crippen molar-refractivity contribution in [3.63, 3.8) is 0 Å². The van der Waals surface area contributed by atoms with Gasteiger partial charge in [0.2, 0.25) is 5.91 Å². The van der Waals surface area contributed by atoms with Crippen LogP contribution in [0.15, 0.2) is 48.5 Å². The van der Waals surface area contributed by atoms with Crippen molar-refractivity contribution in [2.24, 2.45) is 5.92 Å². The molecule has 0 bridgehead atoms. The van der Waals surface area contributed by atoms with Crippen LogP contribution in [0, 0.1) is 11.7 Å². The maximum absolute atomic E-state index is 14.1. The van der Waals surface area contributed by atoms with Crippen molar-refractivity contribution in [1.82, 2.24) is 4.90 Å². The number of carbonyl (C=O) groups is 3. The van der Waals surface area contributed by atoms with E-state index in [0.717, 1.165) is 11.8 Å².